The van der Waals surface area contributed by atoms with Gasteiger partial charge in [0.2, 0.25) is 5.91 Å². The summed E-state index contributed by atoms with van der Waals surface area (Å²) in [7, 11) is 0. The molecule has 2 heterocycles. The number of amides is 1. The molecule has 0 fully saturated rings. The van der Waals surface area contributed by atoms with Crippen molar-refractivity contribution in [3.05, 3.63) is 65.6 Å². The van der Waals surface area contributed by atoms with Gasteiger partial charge in [-0.3, -0.25) is 4.79 Å². The molecule has 4 nitrogen and oxygen atoms in total. The average Bonchev–Trinajstić information content (AvgIpc) is 3.01. The molecule has 4 heteroatoms. The highest BCUT2D eigenvalue weighted by Crippen LogP contribution is 2.17. The number of carbonyl (C=O) groups is 1. The van der Waals surface area contributed by atoms with Crippen molar-refractivity contribution in [2.75, 3.05) is 5.32 Å². The van der Waals surface area contributed by atoms with E-state index in [-0.39, 0.29) is 5.91 Å². The van der Waals surface area contributed by atoms with Gasteiger partial charge in [-0.25, -0.2) is 4.98 Å². The van der Waals surface area contributed by atoms with E-state index in [0.717, 1.165) is 29.9 Å². The van der Waals surface area contributed by atoms with Gasteiger partial charge in [-0.1, -0.05) is 29.8 Å². The highest BCUT2D eigenvalue weighted by atomic mass is 16.1. The van der Waals surface area contributed by atoms with E-state index in [1.54, 1.807) is 6.20 Å². The maximum absolute atomic E-state index is 12.1. The lowest BCUT2D eigenvalue weighted by Gasteiger charge is -2.10. The predicted molar refractivity (Wildman–Crippen MR) is 92.7 cm³/mol. The molecule has 0 bridgehead atoms. The molecule has 1 aromatic carbocycles. The Hall–Kier alpha value is -2.62. The molecule has 3 rings (SSSR count). The standard InChI is InChI=1S/C19H21N3O/c1-14-6-8-16(9-7-14)4-3-5-19(23)21-17-10-11-18-20-12-13-22(18)15(17)2/h6-13H,3-5H2,1-2H3,(H,21,23). The molecule has 0 saturated carbocycles. The fourth-order valence-corrected chi connectivity index (χ4v) is 2.68. The molecule has 0 spiro atoms. The number of aryl methyl sites for hydroxylation is 3. The van der Waals surface area contributed by atoms with E-state index in [1.165, 1.54) is 11.1 Å². The molecule has 2 aromatic heterocycles. The van der Waals surface area contributed by atoms with Gasteiger partial charge < -0.3 is 9.72 Å². The number of imidazole rings is 1. The minimum absolute atomic E-state index is 0.0553. The zero-order valence-corrected chi connectivity index (χ0v) is 13.5. The van der Waals surface area contributed by atoms with Crippen LogP contribution in [0.1, 0.15) is 29.7 Å². The smallest absolute Gasteiger partial charge is 0.224 e. The Morgan fingerprint density at radius 3 is 2.70 bits per heavy atom. The molecule has 118 valence electrons. The van der Waals surface area contributed by atoms with Crippen LogP contribution in [0, 0.1) is 13.8 Å². The van der Waals surface area contributed by atoms with Crippen molar-refractivity contribution in [3.8, 4) is 0 Å². The number of aromatic nitrogens is 2. The molecule has 0 saturated heterocycles. The summed E-state index contributed by atoms with van der Waals surface area (Å²) < 4.78 is 1.97. The summed E-state index contributed by atoms with van der Waals surface area (Å²) in [5.74, 6) is 0.0553. The number of rotatable bonds is 5. The lowest BCUT2D eigenvalue weighted by Crippen LogP contribution is -2.13. The first kappa shape index (κ1) is 15.3. The second kappa shape index (κ2) is 6.65. The maximum Gasteiger partial charge on any atom is 0.224 e. The van der Waals surface area contributed by atoms with Crippen molar-refractivity contribution in [2.24, 2.45) is 0 Å². The van der Waals surface area contributed by atoms with Crippen molar-refractivity contribution in [1.29, 1.82) is 0 Å². The predicted octanol–water partition coefficient (Wildman–Crippen LogP) is 3.91. The number of benzene rings is 1. The minimum atomic E-state index is 0.0553. The summed E-state index contributed by atoms with van der Waals surface area (Å²) in [6, 6.07) is 12.3. The monoisotopic (exact) mass is 307 g/mol. The molecule has 0 aliphatic carbocycles. The fraction of sp³-hybridized carbons (Fsp3) is 0.263. The van der Waals surface area contributed by atoms with Crippen LogP contribution in [0.5, 0.6) is 0 Å². The van der Waals surface area contributed by atoms with Crippen molar-refractivity contribution in [2.45, 2.75) is 33.1 Å². The van der Waals surface area contributed by atoms with Crippen molar-refractivity contribution >= 4 is 17.2 Å². The van der Waals surface area contributed by atoms with Crippen LogP contribution < -0.4 is 5.32 Å². The number of nitrogens with zero attached hydrogens (tertiary/aromatic N) is 2. The van der Waals surface area contributed by atoms with Crippen LogP contribution in [0.4, 0.5) is 5.69 Å². The molecule has 3 aromatic rings. The van der Waals surface area contributed by atoms with Gasteiger partial charge in [-0.2, -0.15) is 0 Å². The number of anilines is 1. The Bertz CT molecular complexity index is 818. The van der Waals surface area contributed by atoms with Gasteiger partial charge >= 0.3 is 0 Å². The lowest BCUT2D eigenvalue weighted by molar-refractivity contribution is -0.116. The van der Waals surface area contributed by atoms with Gasteiger partial charge in [0.1, 0.15) is 5.65 Å². The summed E-state index contributed by atoms with van der Waals surface area (Å²) in [5, 5.41) is 3.00. The minimum Gasteiger partial charge on any atom is -0.325 e. The Labute approximate surface area is 136 Å². The molecule has 0 unspecified atom stereocenters. The molecule has 0 radical (unpaired) electrons. The molecular formula is C19H21N3O. The highest BCUT2D eigenvalue weighted by molar-refractivity contribution is 5.91. The van der Waals surface area contributed by atoms with Crippen LogP contribution in [0.2, 0.25) is 0 Å². The van der Waals surface area contributed by atoms with Crippen LogP contribution in [0.3, 0.4) is 0 Å². The van der Waals surface area contributed by atoms with Crippen LogP contribution in [0.25, 0.3) is 5.65 Å². The molecule has 0 aliphatic rings. The molecule has 1 amide bonds. The number of pyridine rings is 1. The largest absolute Gasteiger partial charge is 0.325 e. The lowest BCUT2D eigenvalue weighted by atomic mass is 10.1. The third-order valence-electron chi connectivity index (χ3n) is 4.08. The van der Waals surface area contributed by atoms with E-state index in [1.807, 2.05) is 29.7 Å². The van der Waals surface area contributed by atoms with E-state index >= 15 is 0 Å². The van der Waals surface area contributed by atoms with Crippen molar-refractivity contribution < 1.29 is 4.79 Å². The van der Waals surface area contributed by atoms with Crippen LogP contribution in [0.15, 0.2) is 48.8 Å². The molecule has 0 atom stereocenters. The number of nitrogens with one attached hydrogen (secondary N) is 1. The SMILES string of the molecule is Cc1ccc(CCCC(=O)Nc2ccc3nccn3c2C)cc1. The molecular weight excluding hydrogens is 286 g/mol. The first-order valence-corrected chi connectivity index (χ1v) is 7.91. The van der Waals surface area contributed by atoms with Gasteiger partial charge in [0.15, 0.2) is 0 Å². The van der Waals surface area contributed by atoms with E-state index in [4.69, 9.17) is 0 Å². The molecule has 1 N–H and O–H groups in total. The van der Waals surface area contributed by atoms with Crippen LogP contribution in [-0.2, 0) is 11.2 Å². The second-order valence-electron chi connectivity index (χ2n) is 5.88. The van der Waals surface area contributed by atoms with Gasteiger partial charge in [-0.05, 0) is 44.4 Å². The third-order valence-corrected chi connectivity index (χ3v) is 4.08. The van der Waals surface area contributed by atoms with Crippen LogP contribution in [-0.4, -0.2) is 15.3 Å². The molecule has 0 aliphatic heterocycles. The second-order valence-corrected chi connectivity index (χ2v) is 5.88. The summed E-state index contributed by atoms with van der Waals surface area (Å²) in [4.78, 5) is 16.4. The number of hydrogen-bond acceptors (Lipinski definition) is 2. The van der Waals surface area contributed by atoms with Crippen LogP contribution >= 0.6 is 0 Å². The highest BCUT2D eigenvalue weighted by Gasteiger charge is 2.07. The summed E-state index contributed by atoms with van der Waals surface area (Å²) in [6.45, 7) is 4.06. The summed E-state index contributed by atoms with van der Waals surface area (Å²) in [6.07, 6.45) is 5.96. The van der Waals surface area contributed by atoms with Gasteiger partial charge in [0, 0.05) is 24.5 Å². The van der Waals surface area contributed by atoms with Gasteiger partial charge in [0.25, 0.3) is 0 Å². The topological polar surface area (TPSA) is 46.4 Å². The first-order chi connectivity index (χ1) is 11.1. The summed E-state index contributed by atoms with van der Waals surface area (Å²) in [5.41, 5.74) is 5.26. The quantitative estimate of drug-likeness (QED) is 0.776. The summed E-state index contributed by atoms with van der Waals surface area (Å²) >= 11 is 0. The fourth-order valence-electron chi connectivity index (χ4n) is 2.68. The average molecular weight is 307 g/mol. The van der Waals surface area contributed by atoms with E-state index in [2.05, 4.69) is 41.5 Å². The Morgan fingerprint density at radius 1 is 1.13 bits per heavy atom. The normalized spacial score (nSPS) is 10.9. The van der Waals surface area contributed by atoms with Crippen molar-refractivity contribution in [3.63, 3.8) is 0 Å². The Morgan fingerprint density at radius 2 is 1.91 bits per heavy atom. The Kier molecular flexibility index (Phi) is 4.42. The number of fused-ring (bicyclic) bond motifs is 1. The number of carbonyl (C=O) groups excluding carboxylic acids is 1. The van der Waals surface area contributed by atoms with E-state index in [0.29, 0.717) is 6.42 Å². The Balaban J connectivity index is 1.56. The zero-order valence-electron chi connectivity index (χ0n) is 13.5. The van der Waals surface area contributed by atoms with E-state index in [9.17, 15) is 4.79 Å². The van der Waals surface area contributed by atoms with Gasteiger partial charge in [-0.15, -0.1) is 0 Å². The van der Waals surface area contributed by atoms with Crippen molar-refractivity contribution in [1.82, 2.24) is 9.38 Å². The van der Waals surface area contributed by atoms with E-state index < -0.39 is 0 Å². The third kappa shape index (κ3) is 3.59. The van der Waals surface area contributed by atoms with Gasteiger partial charge in [0.05, 0.1) is 5.69 Å². The first-order valence-electron chi connectivity index (χ1n) is 7.91. The number of hydrogen-bond donors (Lipinski definition) is 1. The maximum atomic E-state index is 12.1. The molecule has 23 heavy (non-hydrogen) atoms. The zero-order chi connectivity index (χ0) is 16.2.